The van der Waals surface area contributed by atoms with Gasteiger partial charge in [-0.05, 0) is 55.8 Å². The first-order valence-corrected chi connectivity index (χ1v) is 28.0. The quantitative estimate of drug-likeness (QED) is 0.0339. The Balaban J connectivity index is 4.78. The van der Waals surface area contributed by atoms with E-state index in [4.69, 9.17) is 17.8 Å². The van der Waals surface area contributed by atoms with Crippen LogP contribution in [0.5, 0.6) is 0 Å². The molecule has 0 aliphatic heterocycles. The Kier molecular flexibility index (Phi) is 33.6. The molecular formula is C32H66O16S7. The predicted octanol–water partition coefficient (Wildman–Crippen LogP) is 7.64. The van der Waals surface area contributed by atoms with E-state index in [1.807, 2.05) is 0 Å². The van der Waals surface area contributed by atoms with Gasteiger partial charge < -0.3 is 0 Å². The van der Waals surface area contributed by atoms with E-state index in [-0.39, 0.29) is 26.4 Å². The number of hydrogen-bond donors (Lipinski definition) is 4. The van der Waals surface area contributed by atoms with E-state index in [9.17, 15) is 38.2 Å². The van der Waals surface area contributed by atoms with E-state index < -0.39 is 47.0 Å². The third-order valence-corrected chi connectivity index (χ3v) is 14.2. The first kappa shape index (κ1) is 55.5. The second-order valence-electron chi connectivity index (χ2n) is 13.5. The van der Waals surface area contributed by atoms with Crippen LogP contribution in [-0.2, 0) is 58.3 Å². The molecule has 0 aromatic heterocycles. The topological polar surface area (TPSA) is 254 Å². The largest absolute Gasteiger partial charge is 0.397 e. The summed E-state index contributed by atoms with van der Waals surface area (Å²) in [6, 6.07) is 0. The highest BCUT2D eigenvalue weighted by molar-refractivity contribution is 8.01. The minimum Gasteiger partial charge on any atom is -0.264 e. The van der Waals surface area contributed by atoms with Gasteiger partial charge in [0.25, 0.3) is 0 Å². The van der Waals surface area contributed by atoms with E-state index in [2.05, 4.69) is 12.5 Å². The molecule has 23 heteroatoms. The Morgan fingerprint density at radius 2 is 0.545 bits per heavy atom. The molecule has 16 nitrogen and oxygen atoms in total. The van der Waals surface area contributed by atoms with Crippen LogP contribution in [0.1, 0.15) is 135 Å². The standard InChI is InChI=1S/C32H66O16S7/c33-52(34,35)45-22-16-10-4-1-7-13-19-25-49-29-32(28-48-55(42,43)44,30-50-26-20-14-8-2-5-11-17-23-46-53(36,37)38)31-51-27-21-15-9-3-6-12-18-24-47-54(39,40)41/h1-31H2,(H,33,34,35)(H,36,37,38)(H,39,40,41)(H,42,43,44). The second-order valence-corrected chi connectivity index (χ2v) is 21.2. The average molecular weight is 931 g/mol. The van der Waals surface area contributed by atoms with Gasteiger partial charge in [-0.1, -0.05) is 96.3 Å². The average Bonchev–Trinajstić information content (AvgIpc) is 3.06. The fraction of sp³-hybridized carbons (Fsp3) is 1.00. The van der Waals surface area contributed by atoms with Crippen LogP contribution in [0.15, 0.2) is 0 Å². The van der Waals surface area contributed by atoms with Crippen molar-refractivity contribution in [1.82, 2.24) is 0 Å². The third-order valence-electron chi connectivity index (χ3n) is 8.23. The molecule has 4 N–H and O–H groups in total. The van der Waals surface area contributed by atoms with E-state index in [0.29, 0.717) is 36.5 Å². The lowest BCUT2D eigenvalue weighted by molar-refractivity contribution is 0.191. The summed E-state index contributed by atoms with van der Waals surface area (Å²) in [4.78, 5) is 0. The van der Waals surface area contributed by atoms with Crippen LogP contribution in [0, 0.1) is 5.41 Å². The molecular weight excluding hydrogens is 865 g/mol. The molecule has 332 valence electrons. The summed E-state index contributed by atoms with van der Waals surface area (Å²) >= 11 is 5.29. The van der Waals surface area contributed by atoms with Gasteiger partial charge in [0, 0.05) is 22.7 Å². The van der Waals surface area contributed by atoms with E-state index in [0.717, 1.165) is 133 Å². The zero-order valence-corrected chi connectivity index (χ0v) is 37.7. The van der Waals surface area contributed by atoms with Crippen molar-refractivity contribution in [3.8, 4) is 0 Å². The molecule has 55 heavy (non-hydrogen) atoms. The number of rotatable bonds is 42. The van der Waals surface area contributed by atoms with Gasteiger partial charge in [0.1, 0.15) is 0 Å². The first-order chi connectivity index (χ1) is 25.8. The molecule has 0 atom stereocenters. The van der Waals surface area contributed by atoms with Crippen LogP contribution in [0.3, 0.4) is 0 Å². The van der Waals surface area contributed by atoms with Crippen LogP contribution in [-0.4, -0.2) is 113 Å². The van der Waals surface area contributed by atoms with E-state index in [1.165, 1.54) is 0 Å². The Morgan fingerprint density at radius 3 is 0.782 bits per heavy atom. The Hall–Kier alpha value is 0.530. The Morgan fingerprint density at radius 1 is 0.327 bits per heavy atom. The summed E-state index contributed by atoms with van der Waals surface area (Å²) in [6.07, 6.45) is 19.1. The highest BCUT2D eigenvalue weighted by atomic mass is 32.3. The van der Waals surface area contributed by atoms with Gasteiger partial charge in [-0.2, -0.15) is 69.0 Å². The van der Waals surface area contributed by atoms with Crippen LogP contribution < -0.4 is 0 Å². The number of thioether (sulfide) groups is 3. The number of hydrogen-bond acceptors (Lipinski definition) is 15. The minimum atomic E-state index is -4.62. The lowest BCUT2D eigenvalue weighted by Gasteiger charge is -2.32. The molecule has 0 radical (unpaired) electrons. The van der Waals surface area contributed by atoms with Crippen molar-refractivity contribution >= 4 is 76.9 Å². The molecule has 0 saturated heterocycles. The van der Waals surface area contributed by atoms with Gasteiger partial charge in [-0.3, -0.25) is 18.2 Å². The monoisotopic (exact) mass is 930 g/mol. The zero-order chi connectivity index (χ0) is 41.4. The summed E-state index contributed by atoms with van der Waals surface area (Å²) in [5.74, 6) is 4.73. The van der Waals surface area contributed by atoms with Gasteiger partial charge in [0.05, 0.1) is 26.4 Å². The molecule has 0 aliphatic rings. The third kappa shape index (κ3) is 43.9. The number of unbranched alkanes of at least 4 members (excludes halogenated alkanes) is 18. The Bertz CT molecular complexity index is 1230. The molecule has 0 spiro atoms. The highest BCUT2D eigenvalue weighted by Crippen LogP contribution is 2.34. The van der Waals surface area contributed by atoms with E-state index in [1.54, 1.807) is 35.3 Å². The van der Waals surface area contributed by atoms with Crippen LogP contribution in [0.4, 0.5) is 0 Å². The maximum absolute atomic E-state index is 11.7. The molecule has 0 fully saturated rings. The maximum atomic E-state index is 11.7. The normalized spacial score (nSPS) is 13.2. The van der Waals surface area contributed by atoms with Crippen molar-refractivity contribution in [3.05, 3.63) is 0 Å². The van der Waals surface area contributed by atoms with E-state index >= 15 is 0 Å². The molecule has 0 rings (SSSR count). The Labute approximate surface area is 344 Å². The minimum absolute atomic E-state index is 0.0280. The van der Waals surface area contributed by atoms with Crippen molar-refractivity contribution in [1.29, 1.82) is 0 Å². The smallest absolute Gasteiger partial charge is 0.264 e. The molecule has 0 aromatic rings. The van der Waals surface area contributed by atoms with Crippen molar-refractivity contribution in [2.24, 2.45) is 5.41 Å². The van der Waals surface area contributed by atoms with Crippen LogP contribution >= 0.6 is 35.3 Å². The van der Waals surface area contributed by atoms with Crippen LogP contribution in [0.25, 0.3) is 0 Å². The summed E-state index contributed by atoms with van der Waals surface area (Å²) in [5.41, 5.74) is -0.478. The van der Waals surface area contributed by atoms with Crippen molar-refractivity contribution in [2.75, 3.05) is 60.9 Å². The molecule has 0 saturated carbocycles. The lowest BCUT2D eigenvalue weighted by Crippen LogP contribution is -2.37. The molecule has 0 aromatic carbocycles. The fourth-order valence-electron chi connectivity index (χ4n) is 5.38. The van der Waals surface area contributed by atoms with Gasteiger partial charge in [-0.15, -0.1) is 0 Å². The maximum Gasteiger partial charge on any atom is 0.397 e. The summed E-state index contributed by atoms with van der Waals surface area (Å²) in [7, 11) is -17.8. The summed E-state index contributed by atoms with van der Waals surface area (Å²) < 4.78 is 140. The molecule has 0 bridgehead atoms. The molecule has 0 amide bonds. The van der Waals surface area contributed by atoms with Crippen molar-refractivity contribution in [2.45, 2.75) is 135 Å². The van der Waals surface area contributed by atoms with Crippen molar-refractivity contribution < 1.29 is 68.6 Å². The summed E-state index contributed by atoms with van der Waals surface area (Å²) in [6.45, 7) is -0.192. The molecule has 0 unspecified atom stereocenters. The molecule has 0 heterocycles. The van der Waals surface area contributed by atoms with Crippen LogP contribution in [0.2, 0.25) is 0 Å². The van der Waals surface area contributed by atoms with Gasteiger partial charge in [0.15, 0.2) is 0 Å². The summed E-state index contributed by atoms with van der Waals surface area (Å²) in [5, 5.41) is 0. The van der Waals surface area contributed by atoms with Gasteiger partial charge in [-0.25, -0.2) is 16.7 Å². The van der Waals surface area contributed by atoms with Gasteiger partial charge in [0.2, 0.25) is 0 Å². The van der Waals surface area contributed by atoms with Gasteiger partial charge >= 0.3 is 41.6 Å². The first-order valence-electron chi connectivity index (χ1n) is 19.0. The predicted molar refractivity (Wildman–Crippen MR) is 221 cm³/mol. The highest BCUT2D eigenvalue weighted by Gasteiger charge is 2.32. The SMILES string of the molecule is O=S(=O)(O)OCCCCCCCCCSCC(COS(=O)(=O)O)(CSCCCCCCCCCOS(=O)(=O)O)CSCCCCCCCCCOS(=O)(=O)O. The zero-order valence-electron chi connectivity index (χ0n) is 32.0. The molecule has 0 aliphatic carbocycles. The fourth-order valence-corrected chi connectivity index (χ4v) is 11.0. The second kappa shape index (κ2) is 33.3. The lowest BCUT2D eigenvalue weighted by atomic mass is 9.97. The van der Waals surface area contributed by atoms with Crippen molar-refractivity contribution in [3.63, 3.8) is 0 Å².